The van der Waals surface area contributed by atoms with Gasteiger partial charge in [-0.2, -0.15) is 13.2 Å². The van der Waals surface area contributed by atoms with Crippen molar-refractivity contribution < 1.29 is 17.9 Å². The standard InChI is InChI=1S/C18H18F3N7O/c1-11-24-14-4-3-13(25-16(14)27(11)7-8-29-2)12-5-6-28-15(12)9-22-17(26-28)23-10-18(19,20)21/h3-6,9H,7-8,10H2,1-2H3,(H,23,26). The molecular formula is C18H18F3N7O. The van der Waals surface area contributed by atoms with Crippen LogP contribution in [0.1, 0.15) is 5.82 Å². The van der Waals surface area contributed by atoms with E-state index in [1.165, 1.54) is 10.7 Å². The maximum Gasteiger partial charge on any atom is 0.405 e. The number of nitrogens with one attached hydrogen (secondary N) is 1. The van der Waals surface area contributed by atoms with E-state index in [2.05, 4.69) is 20.4 Å². The number of aryl methyl sites for hydroxylation is 1. The van der Waals surface area contributed by atoms with E-state index in [0.717, 1.165) is 22.6 Å². The van der Waals surface area contributed by atoms with Gasteiger partial charge in [-0.25, -0.2) is 19.5 Å². The minimum atomic E-state index is -4.34. The van der Waals surface area contributed by atoms with Gasteiger partial charge in [0.1, 0.15) is 17.9 Å². The Balaban J connectivity index is 1.69. The molecular weight excluding hydrogens is 387 g/mol. The summed E-state index contributed by atoms with van der Waals surface area (Å²) < 4.78 is 45.7. The van der Waals surface area contributed by atoms with Crippen molar-refractivity contribution in [2.45, 2.75) is 19.6 Å². The number of nitrogens with zero attached hydrogens (tertiary/aromatic N) is 6. The first-order valence-corrected chi connectivity index (χ1v) is 8.84. The number of pyridine rings is 1. The number of imidazole rings is 1. The number of aromatic nitrogens is 6. The number of anilines is 1. The number of rotatable bonds is 6. The number of methoxy groups -OCH3 is 1. The lowest BCUT2D eigenvalue weighted by atomic mass is 10.2. The van der Waals surface area contributed by atoms with Crippen LogP contribution in [0, 0.1) is 6.92 Å². The van der Waals surface area contributed by atoms with Gasteiger partial charge in [0.05, 0.1) is 24.0 Å². The summed E-state index contributed by atoms with van der Waals surface area (Å²) in [6.45, 7) is 1.88. The van der Waals surface area contributed by atoms with Gasteiger partial charge in [-0.3, -0.25) is 0 Å². The number of ether oxygens (including phenoxy) is 1. The first-order chi connectivity index (χ1) is 13.9. The van der Waals surface area contributed by atoms with E-state index in [1.54, 1.807) is 19.4 Å². The Morgan fingerprint density at radius 2 is 2.00 bits per heavy atom. The number of hydrogen-bond donors (Lipinski definition) is 1. The highest BCUT2D eigenvalue weighted by Gasteiger charge is 2.27. The van der Waals surface area contributed by atoms with Crippen LogP contribution in [0.15, 0.2) is 30.6 Å². The number of alkyl halides is 3. The lowest BCUT2D eigenvalue weighted by molar-refractivity contribution is -0.115. The van der Waals surface area contributed by atoms with E-state index in [4.69, 9.17) is 9.72 Å². The normalized spacial score (nSPS) is 12.2. The van der Waals surface area contributed by atoms with Crippen molar-refractivity contribution in [3.8, 4) is 11.3 Å². The van der Waals surface area contributed by atoms with Gasteiger partial charge in [0.25, 0.3) is 0 Å². The van der Waals surface area contributed by atoms with Gasteiger partial charge in [-0.15, -0.1) is 5.10 Å². The molecule has 0 saturated carbocycles. The molecule has 0 fully saturated rings. The zero-order valence-corrected chi connectivity index (χ0v) is 15.7. The highest BCUT2D eigenvalue weighted by Crippen LogP contribution is 2.26. The SMILES string of the molecule is COCCn1c(C)nc2ccc(-c3ccn4nc(NCC(F)(F)F)ncc34)nc21. The fourth-order valence-corrected chi connectivity index (χ4v) is 3.09. The van der Waals surface area contributed by atoms with Crippen molar-refractivity contribution in [1.82, 2.24) is 29.1 Å². The molecule has 11 heteroatoms. The Morgan fingerprint density at radius 3 is 2.76 bits per heavy atom. The molecule has 0 atom stereocenters. The van der Waals surface area contributed by atoms with Crippen molar-refractivity contribution in [2.24, 2.45) is 0 Å². The minimum absolute atomic E-state index is 0.103. The van der Waals surface area contributed by atoms with E-state index >= 15 is 0 Å². The third kappa shape index (κ3) is 3.86. The summed E-state index contributed by atoms with van der Waals surface area (Å²) in [6, 6.07) is 5.53. The summed E-state index contributed by atoms with van der Waals surface area (Å²) in [6.07, 6.45) is -1.21. The van der Waals surface area contributed by atoms with E-state index in [9.17, 15) is 13.2 Å². The summed E-state index contributed by atoms with van der Waals surface area (Å²) in [7, 11) is 1.64. The highest BCUT2D eigenvalue weighted by atomic mass is 19.4. The van der Waals surface area contributed by atoms with Crippen LogP contribution in [-0.2, 0) is 11.3 Å². The van der Waals surface area contributed by atoms with Gasteiger partial charge in [0.2, 0.25) is 5.95 Å². The van der Waals surface area contributed by atoms with Crippen LogP contribution in [0.25, 0.3) is 27.9 Å². The highest BCUT2D eigenvalue weighted by molar-refractivity contribution is 5.82. The molecule has 29 heavy (non-hydrogen) atoms. The average Bonchev–Trinajstić information content (AvgIpc) is 3.23. The quantitative estimate of drug-likeness (QED) is 0.531. The Hall–Kier alpha value is -3.21. The van der Waals surface area contributed by atoms with Crippen molar-refractivity contribution in [1.29, 1.82) is 0 Å². The molecule has 0 spiro atoms. The largest absolute Gasteiger partial charge is 0.405 e. The zero-order valence-electron chi connectivity index (χ0n) is 15.7. The molecule has 152 valence electrons. The molecule has 0 bridgehead atoms. The average molecular weight is 405 g/mol. The Labute approximate surface area is 163 Å². The summed E-state index contributed by atoms with van der Waals surface area (Å²) in [5.41, 5.74) is 3.61. The summed E-state index contributed by atoms with van der Waals surface area (Å²) in [5, 5.41) is 6.25. The molecule has 1 N–H and O–H groups in total. The molecule has 0 amide bonds. The summed E-state index contributed by atoms with van der Waals surface area (Å²) >= 11 is 0. The Morgan fingerprint density at radius 1 is 1.17 bits per heavy atom. The van der Waals surface area contributed by atoms with Crippen LogP contribution in [-0.4, -0.2) is 55.6 Å². The molecule has 0 aromatic carbocycles. The van der Waals surface area contributed by atoms with Crippen molar-refractivity contribution in [2.75, 3.05) is 25.6 Å². The fourth-order valence-electron chi connectivity index (χ4n) is 3.09. The second-order valence-electron chi connectivity index (χ2n) is 6.45. The maximum atomic E-state index is 12.4. The first-order valence-electron chi connectivity index (χ1n) is 8.84. The molecule has 4 aromatic rings. The molecule has 0 radical (unpaired) electrons. The second-order valence-corrected chi connectivity index (χ2v) is 6.45. The molecule has 8 nitrogen and oxygen atoms in total. The maximum absolute atomic E-state index is 12.4. The summed E-state index contributed by atoms with van der Waals surface area (Å²) in [5.74, 6) is 0.737. The molecule has 4 aromatic heterocycles. The monoisotopic (exact) mass is 405 g/mol. The molecule has 4 rings (SSSR count). The third-order valence-electron chi connectivity index (χ3n) is 4.44. The molecule has 0 saturated heterocycles. The molecule has 4 heterocycles. The minimum Gasteiger partial charge on any atom is -0.383 e. The van der Waals surface area contributed by atoms with Crippen LogP contribution in [0.4, 0.5) is 19.1 Å². The van der Waals surface area contributed by atoms with Crippen molar-refractivity contribution >= 4 is 22.6 Å². The van der Waals surface area contributed by atoms with E-state index in [-0.39, 0.29) is 5.95 Å². The topological polar surface area (TPSA) is 82.2 Å². The van der Waals surface area contributed by atoms with Crippen molar-refractivity contribution in [3.63, 3.8) is 0 Å². The smallest absolute Gasteiger partial charge is 0.383 e. The van der Waals surface area contributed by atoms with Crippen LogP contribution in [0.3, 0.4) is 0 Å². The van der Waals surface area contributed by atoms with Crippen LogP contribution in [0.2, 0.25) is 0 Å². The lowest BCUT2D eigenvalue weighted by Crippen LogP contribution is -2.22. The predicted molar refractivity (Wildman–Crippen MR) is 101 cm³/mol. The van der Waals surface area contributed by atoms with Crippen LogP contribution < -0.4 is 5.32 Å². The van der Waals surface area contributed by atoms with Gasteiger partial charge in [0, 0.05) is 25.4 Å². The fraction of sp³-hybridized carbons (Fsp3) is 0.333. The number of fused-ring (bicyclic) bond motifs is 2. The second kappa shape index (κ2) is 7.32. The van der Waals surface area contributed by atoms with E-state index < -0.39 is 12.7 Å². The molecule has 0 aliphatic rings. The van der Waals surface area contributed by atoms with E-state index in [1.807, 2.05) is 23.6 Å². The number of hydrogen-bond acceptors (Lipinski definition) is 6. The summed E-state index contributed by atoms with van der Waals surface area (Å²) in [4.78, 5) is 13.2. The van der Waals surface area contributed by atoms with E-state index in [0.29, 0.717) is 24.4 Å². The van der Waals surface area contributed by atoms with Crippen molar-refractivity contribution in [3.05, 3.63) is 36.4 Å². The van der Waals surface area contributed by atoms with Gasteiger partial charge >= 0.3 is 6.18 Å². The van der Waals surface area contributed by atoms with Crippen LogP contribution >= 0.6 is 0 Å². The van der Waals surface area contributed by atoms with Gasteiger partial charge < -0.3 is 14.6 Å². The van der Waals surface area contributed by atoms with Gasteiger partial charge in [-0.1, -0.05) is 0 Å². The Bertz CT molecular complexity index is 1170. The zero-order chi connectivity index (χ0) is 20.6. The van der Waals surface area contributed by atoms with Gasteiger partial charge in [0.15, 0.2) is 5.65 Å². The predicted octanol–water partition coefficient (Wildman–Crippen LogP) is 3.07. The molecule has 0 unspecified atom stereocenters. The van der Waals surface area contributed by atoms with Crippen LogP contribution in [0.5, 0.6) is 0 Å². The third-order valence-corrected chi connectivity index (χ3v) is 4.44. The molecule has 0 aliphatic carbocycles. The lowest BCUT2D eigenvalue weighted by Gasteiger charge is -2.08. The molecule has 0 aliphatic heterocycles. The first kappa shape index (κ1) is 19.1. The number of halogens is 3. The van der Waals surface area contributed by atoms with Gasteiger partial charge in [-0.05, 0) is 25.1 Å². The Kier molecular flexibility index (Phi) is 4.82.